The molecule has 1 heterocycles. The number of carbonyl (C=O) groups excluding carboxylic acids is 1. The topological polar surface area (TPSA) is 61.4 Å². The molecule has 0 radical (unpaired) electrons. The highest BCUT2D eigenvalue weighted by Gasteiger charge is 2.34. The molecule has 1 aromatic rings. The Hall–Kier alpha value is -0.810. The van der Waals surface area contributed by atoms with Gasteiger partial charge in [-0.1, -0.05) is 29.8 Å². The van der Waals surface area contributed by atoms with Gasteiger partial charge in [0.25, 0.3) is 0 Å². The minimum atomic E-state index is -0.792. The van der Waals surface area contributed by atoms with E-state index in [1.807, 2.05) is 19.1 Å². The van der Waals surface area contributed by atoms with Gasteiger partial charge in [-0.05, 0) is 38.8 Å². The van der Waals surface area contributed by atoms with Gasteiger partial charge in [-0.25, -0.2) is 0 Å². The quantitative estimate of drug-likeness (QED) is 0.793. The molecule has 2 unspecified atom stereocenters. The second-order valence-electron chi connectivity index (χ2n) is 5.46. The third-order valence-electron chi connectivity index (χ3n) is 3.84. The molecular formula is C15H22Cl2N2O2. The zero-order valence-electron chi connectivity index (χ0n) is 12.1. The SMILES string of the molecule is CC1(C(=O)NCC(O)c2ccccc2Cl)CCCCN1.Cl. The molecule has 118 valence electrons. The largest absolute Gasteiger partial charge is 0.387 e. The zero-order valence-corrected chi connectivity index (χ0v) is 13.6. The second kappa shape index (κ2) is 7.99. The molecule has 1 saturated heterocycles. The van der Waals surface area contributed by atoms with Crippen molar-refractivity contribution in [3.05, 3.63) is 34.9 Å². The summed E-state index contributed by atoms with van der Waals surface area (Å²) in [4.78, 5) is 12.2. The fraction of sp³-hybridized carbons (Fsp3) is 0.533. The van der Waals surface area contributed by atoms with Crippen LogP contribution in [0.1, 0.15) is 37.9 Å². The molecule has 0 aromatic heterocycles. The molecule has 1 amide bonds. The summed E-state index contributed by atoms with van der Waals surface area (Å²) in [6.07, 6.45) is 2.18. The lowest BCUT2D eigenvalue weighted by Crippen LogP contribution is -2.57. The summed E-state index contributed by atoms with van der Waals surface area (Å²) in [5, 5.41) is 16.7. The predicted molar refractivity (Wildman–Crippen MR) is 86.9 cm³/mol. The van der Waals surface area contributed by atoms with Crippen molar-refractivity contribution in [3.63, 3.8) is 0 Å². The van der Waals surface area contributed by atoms with E-state index >= 15 is 0 Å². The maximum Gasteiger partial charge on any atom is 0.240 e. The van der Waals surface area contributed by atoms with Crippen LogP contribution in [0.4, 0.5) is 0 Å². The number of aliphatic hydroxyl groups is 1. The molecule has 1 aliphatic rings. The van der Waals surface area contributed by atoms with Crippen molar-refractivity contribution in [2.45, 2.75) is 37.8 Å². The van der Waals surface area contributed by atoms with Crippen LogP contribution in [-0.2, 0) is 4.79 Å². The molecule has 6 heteroatoms. The first-order chi connectivity index (χ1) is 9.53. The predicted octanol–water partition coefficient (Wildman–Crippen LogP) is 2.44. The molecule has 21 heavy (non-hydrogen) atoms. The summed E-state index contributed by atoms with van der Waals surface area (Å²) >= 11 is 6.03. The van der Waals surface area contributed by atoms with Crippen LogP contribution in [0.5, 0.6) is 0 Å². The highest BCUT2D eigenvalue weighted by atomic mass is 35.5. The first kappa shape index (κ1) is 18.2. The summed E-state index contributed by atoms with van der Waals surface area (Å²) < 4.78 is 0. The van der Waals surface area contributed by atoms with Gasteiger partial charge in [0, 0.05) is 17.1 Å². The average molecular weight is 333 g/mol. The number of hydrogen-bond donors (Lipinski definition) is 3. The van der Waals surface area contributed by atoms with Crippen LogP contribution in [0.3, 0.4) is 0 Å². The normalized spacial score (nSPS) is 23.0. The van der Waals surface area contributed by atoms with Crippen LogP contribution in [0.25, 0.3) is 0 Å². The van der Waals surface area contributed by atoms with E-state index in [1.165, 1.54) is 0 Å². The molecule has 0 aliphatic carbocycles. The minimum Gasteiger partial charge on any atom is -0.387 e. The van der Waals surface area contributed by atoms with Gasteiger partial charge in [0.15, 0.2) is 0 Å². The Morgan fingerprint density at radius 1 is 1.48 bits per heavy atom. The number of amides is 1. The van der Waals surface area contributed by atoms with Gasteiger partial charge in [0.2, 0.25) is 5.91 Å². The molecule has 3 N–H and O–H groups in total. The van der Waals surface area contributed by atoms with E-state index in [-0.39, 0.29) is 24.9 Å². The molecule has 2 atom stereocenters. The number of rotatable bonds is 4. The molecule has 4 nitrogen and oxygen atoms in total. The lowest BCUT2D eigenvalue weighted by atomic mass is 9.90. The Labute approximate surface area is 136 Å². The first-order valence-electron chi connectivity index (χ1n) is 6.99. The Kier molecular flexibility index (Phi) is 6.94. The number of nitrogens with one attached hydrogen (secondary N) is 2. The van der Waals surface area contributed by atoms with Crippen molar-refractivity contribution in [2.75, 3.05) is 13.1 Å². The highest BCUT2D eigenvalue weighted by Crippen LogP contribution is 2.23. The van der Waals surface area contributed by atoms with Crippen LogP contribution < -0.4 is 10.6 Å². The van der Waals surface area contributed by atoms with Gasteiger partial charge in [0.05, 0.1) is 11.6 Å². The molecule has 0 spiro atoms. The Morgan fingerprint density at radius 3 is 2.81 bits per heavy atom. The number of benzene rings is 1. The van der Waals surface area contributed by atoms with E-state index in [0.717, 1.165) is 25.8 Å². The van der Waals surface area contributed by atoms with Crippen molar-refractivity contribution in [1.29, 1.82) is 0 Å². The van der Waals surface area contributed by atoms with E-state index in [0.29, 0.717) is 10.6 Å². The van der Waals surface area contributed by atoms with Crippen molar-refractivity contribution in [3.8, 4) is 0 Å². The second-order valence-corrected chi connectivity index (χ2v) is 5.87. The molecule has 1 aromatic carbocycles. The third-order valence-corrected chi connectivity index (χ3v) is 4.18. The van der Waals surface area contributed by atoms with E-state index in [9.17, 15) is 9.90 Å². The van der Waals surface area contributed by atoms with Crippen molar-refractivity contribution >= 4 is 29.9 Å². The molecule has 1 fully saturated rings. The van der Waals surface area contributed by atoms with Crippen LogP contribution in [0.2, 0.25) is 5.02 Å². The van der Waals surface area contributed by atoms with E-state index < -0.39 is 11.6 Å². The molecule has 0 bridgehead atoms. The third kappa shape index (κ3) is 4.58. The van der Waals surface area contributed by atoms with E-state index in [1.54, 1.807) is 12.1 Å². The summed E-state index contributed by atoms with van der Waals surface area (Å²) in [7, 11) is 0. The summed E-state index contributed by atoms with van der Waals surface area (Å²) in [6.45, 7) is 2.93. The number of carbonyl (C=O) groups is 1. The molecular weight excluding hydrogens is 311 g/mol. The number of piperidine rings is 1. The van der Waals surface area contributed by atoms with Gasteiger partial charge in [-0.2, -0.15) is 0 Å². The Bertz CT molecular complexity index is 476. The summed E-state index contributed by atoms with van der Waals surface area (Å²) in [6, 6.07) is 7.12. The lowest BCUT2D eigenvalue weighted by Gasteiger charge is -2.33. The maximum absolute atomic E-state index is 12.2. The Balaban J connectivity index is 0.00000220. The number of hydrogen-bond acceptors (Lipinski definition) is 3. The van der Waals surface area contributed by atoms with Crippen LogP contribution >= 0.6 is 24.0 Å². The molecule has 0 saturated carbocycles. The number of halogens is 2. The molecule has 2 rings (SSSR count). The summed E-state index contributed by atoms with van der Waals surface area (Å²) in [5.74, 6) is -0.0664. The average Bonchev–Trinajstić information content (AvgIpc) is 2.45. The molecule has 1 aliphatic heterocycles. The van der Waals surface area contributed by atoms with Gasteiger partial charge in [0.1, 0.15) is 0 Å². The minimum absolute atomic E-state index is 0. The van der Waals surface area contributed by atoms with Crippen LogP contribution in [0, 0.1) is 0 Å². The fourth-order valence-electron chi connectivity index (χ4n) is 2.49. The monoisotopic (exact) mass is 332 g/mol. The van der Waals surface area contributed by atoms with Gasteiger partial charge >= 0.3 is 0 Å². The first-order valence-corrected chi connectivity index (χ1v) is 7.36. The highest BCUT2D eigenvalue weighted by molar-refractivity contribution is 6.31. The van der Waals surface area contributed by atoms with Crippen LogP contribution in [-0.4, -0.2) is 29.6 Å². The number of aliphatic hydroxyl groups excluding tert-OH is 1. The Morgan fingerprint density at radius 2 is 2.19 bits per heavy atom. The van der Waals surface area contributed by atoms with Crippen LogP contribution in [0.15, 0.2) is 24.3 Å². The van der Waals surface area contributed by atoms with E-state index in [2.05, 4.69) is 10.6 Å². The van der Waals surface area contributed by atoms with Crippen molar-refractivity contribution in [1.82, 2.24) is 10.6 Å². The smallest absolute Gasteiger partial charge is 0.240 e. The van der Waals surface area contributed by atoms with Gasteiger partial charge < -0.3 is 15.7 Å². The van der Waals surface area contributed by atoms with E-state index in [4.69, 9.17) is 11.6 Å². The maximum atomic E-state index is 12.2. The van der Waals surface area contributed by atoms with Gasteiger partial charge in [-0.3, -0.25) is 4.79 Å². The lowest BCUT2D eigenvalue weighted by molar-refractivity contribution is -0.128. The standard InChI is InChI=1S/C15H21ClN2O2.ClH/c1-15(8-4-5-9-18-15)14(20)17-10-13(19)11-6-2-3-7-12(11)16;/h2-3,6-7,13,18-19H,4-5,8-10H2,1H3,(H,17,20);1H. The summed E-state index contributed by atoms with van der Waals surface area (Å²) in [5.41, 5.74) is 0.106. The van der Waals surface area contributed by atoms with Crippen molar-refractivity contribution < 1.29 is 9.90 Å². The van der Waals surface area contributed by atoms with Crippen molar-refractivity contribution in [2.24, 2.45) is 0 Å². The van der Waals surface area contributed by atoms with Gasteiger partial charge in [-0.15, -0.1) is 12.4 Å². The fourth-order valence-corrected chi connectivity index (χ4v) is 2.75. The zero-order chi connectivity index (χ0) is 14.6.